The number of carbonyl (C=O) groups excluding carboxylic acids is 2. The van der Waals surface area contributed by atoms with E-state index in [0.717, 1.165) is 51.1 Å². The van der Waals surface area contributed by atoms with Gasteiger partial charge in [0, 0.05) is 38.9 Å². The van der Waals surface area contributed by atoms with Gasteiger partial charge in [0.05, 0.1) is 19.4 Å². The Morgan fingerprint density at radius 1 is 1.23 bits per heavy atom. The average Bonchev–Trinajstić information content (AvgIpc) is 3.24. The van der Waals surface area contributed by atoms with Crippen LogP contribution >= 0.6 is 0 Å². The Balaban J connectivity index is 1.25. The fourth-order valence-electron chi connectivity index (χ4n) is 4.41. The molecule has 3 aliphatic rings. The second kappa shape index (κ2) is 6.95. The van der Waals surface area contributed by atoms with E-state index in [1.54, 1.807) is 18.2 Å². The molecule has 0 bridgehead atoms. The minimum Gasteiger partial charge on any atom is -0.468 e. The quantitative estimate of drug-likeness (QED) is 0.823. The van der Waals surface area contributed by atoms with Crippen LogP contribution in [0.2, 0.25) is 0 Å². The first-order chi connectivity index (χ1) is 12.5. The molecule has 0 saturated carbocycles. The molecule has 0 atom stereocenters. The van der Waals surface area contributed by atoms with Crippen molar-refractivity contribution in [3.8, 4) is 0 Å². The summed E-state index contributed by atoms with van der Waals surface area (Å²) in [4.78, 5) is 30.5. The van der Waals surface area contributed by atoms with Crippen molar-refractivity contribution in [1.29, 1.82) is 0 Å². The lowest BCUT2D eigenvalue weighted by Crippen LogP contribution is -2.51. The lowest BCUT2D eigenvalue weighted by molar-refractivity contribution is -0.140. The predicted octanol–water partition coefficient (Wildman–Crippen LogP) is 1.93. The number of amides is 2. The second-order valence-electron chi connectivity index (χ2n) is 7.86. The average molecular weight is 361 g/mol. The van der Waals surface area contributed by atoms with E-state index in [2.05, 4.69) is 4.90 Å². The number of nitrogens with zero attached hydrogens (tertiary/aromatic N) is 3. The van der Waals surface area contributed by atoms with Crippen LogP contribution < -0.4 is 0 Å². The number of likely N-dealkylation sites (N-methyl/N-ethyl adjacent to an activating group) is 1. The Bertz CT molecular complexity index is 644. The zero-order chi connectivity index (χ0) is 18.1. The van der Waals surface area contributed by atoms with Crippen molar-refractivity contribution in [3.05, 3.63) is 24.2 Å². The van der Waals surface area contributed by atoms with E-state index in [9.17, 15) is 9.59 Å². The van der Waals surface area contributed by atoms with Crippen molar-refractivity contribution >= 4 is 12.0 Å². The first-order valence-corrected chi connectivity index (χ1v) is 9.52. The molecule has 4 rings (SSSR count). The Kier molecular flexibility index (Phi) is 4.65. The predicted molar refractivity (Wildman–Crippen MR) is 94.4 cm³/mol. The van der Waals surface area contributed by atoms with Crippen molar-refractivity contribution in [2.24, 2.45) is 5.92 Å². The summed E-state index contributed by atoms with van der Waals surface area (Å²) in [6.45, 7) is 4.69. The Morgan fingerprint density at radius 2 is 1.96 bits per heavy atom. The van der Waals surface area contributed by atoms with E-state index in [0.29, 0.717) is 19.6 Å². The molecule has 4 heterocycles. The van der Waals surface area contributed by atoms with Crippen LogP contribution in [0.3, 0.4) is 0 Å². The monoisotopic (exact) mass is 361 g/mol. The summed E-state index contributed by atoms with van der Waals surface area (Å²) in [7, 11) is 1.77. The zero-order valence-corrected chi connectivity index (χ0v) is 15.4. The van der Waals surface area contributed by atoms with Gasteiger partial charge < -0.3 is 19.0 Å². The van der Waals surface area contributed by atoms with Crippen LogP contribution in [0.15, 0.2) is 22.8 Å². The highest BCUT2D eigenvalue weighted by Gasteiger charge is 2.46. The molecule has 7 nitrogen and oxygen atoms in total. The topological polar surface area (TPSA) is 66.2 Å². The van der Waals surface area contributed by atoms with Gasteiger partial charge in [-0.2, -0.15) is 0 Å². The van der Waals surface area contributed by atoms with Gasteiger partial charge in [0.15, 0.2) is 0 Å². The van der Waals surface area contributed by atoms with Crippen LogP contribution in [0.1, 0.15) is 31.4 Å². The van der Waals surface area contributed by atoms with Crippen molar-refractivity contribution < 1.29 is 18.7 Å². The van der Waals surface area contributed by atoms with Crippen molar-refractivity contribution in [2.45, 2.75) is 37.8 Å². The SMILES string of the molecule is CN1CC2(CCN(C(=O)C3CCN(Cc4ccco4)CC3)CC2)OC1=O. The van der Waals surface area contributed by atoms with Crippen molar-refractivity contribution in [1.82, 2.24) is 14.7 Å². The van der Waals surface area contributed by atoms with Gasteiger partial charge in [0.2, 0.25) is 5.91 Å². The van der Waals surface area contributed by atoms with Gasteiger partial charge in [0.1, 0.15) is 11.4 Å². The normalized spacial score (nSPS) is 24.3. The molecule has 3 saturated heterocycles. The molecule has 3 aliphatic heterocycles. The summed E-state index contributed by atoms with van der Waals surface area (Å²) < 4.78 is 11.0. The molecule has 1 aromatic heterocycles. The van der Waals surface area contributed by atoms with Crippen molar-refractivity contribution in [3.63, 3.8) is 0 Å². The van der Waals surface area contributed by atoms with E-state index in [4.69, 9.17) is 9.15 Å². The maximum atomic E-state index is 12.9. The zero-order valence-electron chi connectivity index (χ0n) is 15.4. The molecule has 142 valence electrons. The number of ether oxygens (including phenoxy) is 1. The molecule has 2 amide bonds. The molecule has 0 aromatic carbocycles. The molecule has 0 aliphatic carbocycles. The fraction of sp³-hybridized carbons (Fsp3) is 0.684. The van der Waals surface area contributed by atoms with Gasteiger partial charge in [-0.3, -0.25) is 9.69 Å². The van der Waals surface area contributed by atoms with E-state index in [1.807, 2.05) is 17.0 Å². The maximum Gasteiger partial charge on any atom is 0.410 e. The summed E-state index contributed by atoms with van der Waals surface area (Å²) in [5.74, 6) is 1.37. The van der Waals surface area contributed by atoms with Crippen LogP contribution in [0.25, 0.3) is 0 Å². The van der Waals surface area contributed by atoms with Crippen LogP contribution in [0, 0.1) is 5.92 Å². The van der Waals surface area contributed by atoms with E-state index < -0.39 is 0 Å². The number of hydrogen-bond donors (Lipinski definition) is 0. The Morgan fingerprint density at radius 3 is 2.54 bits per heavy atom. The molecule has 0 radical (unpaired) electrons. The number of rotatable bonds is 3. The molecule has 1 aromatic rings. The highest BCUT2D eigenvalue weighted by atomic mass is 16.6. The minimum absolute atomic E-state index is 0.116. The fourth-order valence-corrected chi connectivity index (χ4v) is 4.41. The van der Waals surface area contributed by atoms with Gasteiger partial charge in [-0.1, -0.05) is 0 Å². The third-order valence-electron chi connectivity index (χ3n) is 6.02. The third-order valence-corrected chi connectivity index (χ3v) is 6.02. The molecular formula is C19H27N3O4. The summed E-state index contributed by atoms with van der Waals surface area (Å²) in [5.41, 5.74) is -0.380. The highest BCUT2D eigenvalue weighted by Crippen LogP contribution is 2.33. The molecule has 1 spiro atoms. The smallest absolute Gasteiger partial charge is 0.410 e. The van der Waals surface area contributed by atoms with E-state index in [1.165, 1.54) is 0 Å². The largest absolute Gasteiger partial charge is 0.468 e. The van der Waals surface area contributed by atoms with Crippen LogP contribution in [0.5, 0.6) is 0 Å². The highest BCUT2D eigenvalue weighted by molar-refractivity contribution is 5.79. The van der Waals surface area contributed by atoms with Gasteiger partial charge in [0.25, 0.3) is 0 Å². The Hall–Kier alpha value is -2.02. The number of carbonyl (C=O) groups is 2. The number of hydrogen-bond acceptors (Lipinski definition) is 5. The van der Waals surface area contributed by atoms with Gasteiger partial charge in [-0.25, -0.2) is 4.79 Å². The van der Waals surface area contributed by atoms with E-state index in [-0.39, 0.29) is 23.5 Å². The first kappa shape index (κ1) is 17.4. The number of furan rings is 1. The van der Waals surface area contributed by atoms with Gasteiger partial charge in [-0.15, -0.1) is 0 Å². The summed E-state index contributed by atoms with van der Waals surface area (Å²) in [6.07, 6.45) is 4.75. The molecule has 26 heavy (non-hydrogen) atoms. The molecule has 0 unspecified atom stereocenters. The third kappa shape index (κ3) is 3.45. The number of piperidine rings is 2. The molecule has 7 heteroatoms. The Labute approximate surface area is 153 Å². The second-order valence-corrected chi connectivity index (χ2v) is 7.86. The van der Waals surface area contributed by atoms with Gasteiger partial charge >= 0.3 is 6.09 Å². The molecule has 3 fully saturated rings. The van der Waals surface area contributed by atoms with Gasteiger partial charge in [-0.05, 0) is 38.1 Å². The van der Waals surface area contributed by atoms with Crippen molar-refractivity contribution in [2.75, 3.05) is 39.8 Å². The minimum atomic E-state index is -0.380. The van der Waals surface area contributed by atoms with Crippen LogP contribution in [-0.4, -0.2) is 72.1 Å². The summed E-state index contributed by atoms with van der Waals surface area (Å²) >= 11 is 0. The number of likely N-dealkylation sites (tertiary alicyclic amines) is 2. The van der Waals surface area contributed by atoms with Crippen LogP contribution in [-0.2, 0) is 16.1 Å². The van der Waals surface area contributed by atoms with E-state index >= 15 is 0 Å². The lowest BCUT2D eigenvalue weighted by atomic mass is 9.89. The summed E-state index contributed by atoms with van der Waals surface area (Å²) in [6, 6.07) is 3.90. The van der Waals surface area contributed by atoms with Crippen LogP contribution in [0.4, 0.5) is 4.79 Å². The lowest BCUT2D eigenvalue weighted by Gasteiger charge is -2.40. The summed E-state index contributed by atoms with van der Waals surface area (Å²) in [5, 5.41) is 0. The maximum absolute atomic E-state index is 12.9. The molecule has 0 N–H and O–H groups in total. The molecular weight excluding hydrogens is 334 g/mol. The first-order valence-electron chi connectivity index (χ1n) is 9.52. The standard InChI is InChI=1S/C19H27N3O4/c1-20-14-19(26-18(20)24)6-10-22(11-7-19)17(23)15-4-8-21(9-5-15)13-16-3-2-12-25-16/h2-3,12,15H,4-11,13-14H2,1H3.